The van der Waals surface area contributed by atoms with E-state index in [4.69, 9.17) is 0 Å². The van der Waals surface area contributed by atoms with Gasteiger partial charge in [-0.15, -0.1) is 0 Å². The molecule has 1 aromatic carbocycles. The number of anilines is 1. The summed E-state index contributed by atoms with van der Waals surface area (Å²) in [5.74, 6) is -0.274. The molecule has 0 bridgehead atoms. The summed E-state index contributed by atoms with van der Waals surface area (Å²) in [6.07, 6.45) is 0.305. The number of hydrogen-bond donors (Lipinski definition) is 1. The average Bonchev–Trinajstić information content (AvgIpc) is 2.76. The SMILES string of the molecule is Cc1cc(NC(=O)[C@@H]2CC(=O)N(C(C)C)C2)ccc1Br. The van der Waals surface area contributed by atoms with Gasteiger partial charge in [0.2, 0.25) is 11.8 Å². The molecule has 1 atom stereocenters. The number of amides is 2. The third-order valence-corrected chi connectivity index (χ3v) is 4.47. The second-order valence-corrected chi connectivity index (χ2v) is 6.35. The number of hydrogen-bond acceptors (Lipinski definition) is 2. The Morgan fingerprint density at radius 2 is 2.15 bits per heavy atom. The molecule has 0 spiro atoms. The largest absolute Gasteiger partial charge is 0.339 e. The van der Waals surface area contributed by atoms with Crippen LogP contribution in [0.4, 0.5) is 5.69 Å². The van der Waals surface area contributed by atoms with Crippen molar-refractivity contribution in [3.63, 3.8) is 0 Å². The van der Waals surface area contributed by atoms with Gasteiger partial charge in [0.25, 0.3) is 0 Å². The third-order valence-electron chi connectivity index (χ3n) is 3.58. The van der Waals surface area contributed by atoms with Crippen LogP contribution >= 0.6 is 15.9 Å². The van der Waals surface area contributed by atoms with Gasteiger partial charge < -0.3 is 10.2 Å². The Balaban J connectivity index is 2.02. The smallest absolute Gasteiger partial charge is 0.229 e. The molecule has 0 aliphatic carbocycles. The molecule has 2 amide bonds. The zero-order chi connectivity index (χ0) is 14.9. The lowest BCUT2D eigenvalue weighted by molar-refractivity contribution is -0.129. The quantitative estimate of drug-likeness (QED) is 0.921. The molecule has 1 N–H and O–H groups in total. The average molecular weight is 339 g/mol. The molecular weight excluding hydrogens is 320 g/mol. The fraction of sp³-hybridized carbons (Fsp3) is 0.467. The van der Waals surface area contributed by atoms with Gasteiger partial charge in [0.05, 0.1) is 5.92 Å². The van der Waals surface area contributed by atoms with Gasteiger partial charge in [-0.25, -0.2) is 0 Å². The highest BCUT2D eigenvalue weighted by molar-refractivity contribution is 9.10. The number of rotatable bonds is 3. The van der Waals surface area contributed by atoms with Crippen LogP contribution in [-0.4, -0.2) is 29.3 Å². The molecule has 2 rings (SSSR count). The number of halogens is 1. The second kappa shape index (κ2) is 5.95. The summed E-state index contributed by atoms with van der Waals surface area (Å²) in [5.41, 5.74) is 1.83. The molecule has 1 saturated heterocycles. The Labute approximate surface area is 127 Å². The van der Waals surface area contributed by atoms with Gasteiger partial charge in [0, 0.05) is 29.2 Å². The summed E-state index contributed by atoms with van der Waals surface area (Å²) < 4.78 is 1.01. The highest BCUT2D eigenvalue weighted by Gasteiger charge is 2.35. The van der Waals surface area contributed by atoms with Gasteiger partial charge in [-0.05, 0) is 44.5 Å². The monoisotopic (exact) mass is 338 g/mol. The van der Waals surface area contributed by atoms with E-state index in [0.717, 1.165) is 15.7 Å². The second-order valence-electron chi connectivity index (χ2n) is 5.49. The number of carbonyl (C=O) groups excluding carboxylic acids is 2. The molecule has 1 aromatic rings. The van der Waals surface area contributed by atoms with Crippen LogP contribution in [0.5, 0.6) is 0 Å². The van der Waals surface area contributed by atoms with Crippen molar-refractivity contribution in [2.75, 3.05) is 11.9 Å². The molecule has 0 radical (unpaired) electrons. The lowest BCUT2D eigenvalue weighted by Gasteiger charge is -2.20. The molecule has 0 saturated carbocycles. The Bertz CT molecular complexity index is 543. The standard InChI is InChI=1S/C15H19BrN2O2/c1-9(2)18-8-11(7-14(18)19)15(20)17-12-4-5-13(16)10(3)6-12/h4-6,9,11H,7-8H2,1-3H3,(H,17,20)/t11-/m1/s1. The van der Waals surface area contributed by atoms with E-state index in [1.165, 1.54) is 0 Å². The Kier molecular flexibility index (Phi) is 4.48. The van der Waals surface area contributed by atoms with Gasteiger partial charge in [-0.1, -0.05) is 15.9 Å². The van der Waals surface area contributed by atoms with Gasteiger partial charge in [0.1, 0.15) is 0 Å². The molecule has 0 aromatic heterocycles. The van der Waals surface area contributed by atoms with Gasteiger partial charge in [-0.2, -0.15) is 0 Å². The first-order valence-electron chi connectivity index (χ1n) is 6.75. The Hall–Kier alpha value is -1.36. The van der Waals surface area contributed by atoms with Crippen molar-refractivity contribution in [1.82, 2.24) is 4.90 Å². The Morgan fingerprint density at radius 3 is 2.70 bits per heavy atom. The van der Waals surface area contributed by atoms with Gasteiger partial charge in [-0.3, -0.25) is 9.59 Å². The zero-order valence-corrected chi connectivity index (χ0v) is 13.5. The topological polar surface area (TPSA) is 49.4 Å². The lowest BCUT2D eigenvalue weighted by atomic mass is 10.1. The number of nitrogens with zero attached hydrogens (tertiary/aromatic N) is 1. The van der Waals surface area contributed by atoms with Gasteiger partial charge >= 0.3 is 0 Å². The van der Waals surface area contributed by atoms with Crippen LogP contribution < -0.4 is 5.32 Å². The van der Waals surface area contributed by atoms with Crippen LogP contribution in [0.25, 0.3) is 0 Å². The van der Waals surface area contributed by atoms with Crippen LogP contribution in [0.15, 0.2) is 22.7 Å². The minimum atomic E-state index is -0.256. The molecule has 1 heterocycles. The molecule has 0 unspecified atom stereocenters. The van der Waals surface area contributed by atoms with Gasteiger partial charge in [0.15, 0.2) is 0 Å². The van der Waals surface area contributed by atoms with E-state index in [-0.39, 0.29) is 23.8 Å². The number of likely N-dealkylation sites (tertiary alicyclic amines) is 1. The van der Waals surface area contributed by atoms with Crippen LogP contribution in [0, 0.1) is 12.8 Å². The predicted octanol–water partition coefficient (Wildman–Crippen LogP) is 2.95. The highest BCUT2D eigenvalue weighted by Crippen LogP contribution is 2.24. The minimum Gasteiger partial charge on any atom is -0.339 e. The number of nitrogens with one attached hydrogen (secondary N) is 1. The summed E-state index contributed by atoms with van der Waals surface area (Å²) in [7, 11) is 0. The molecule has 108 valence electrons. The summed E-state index contributed by atoms with van der Waals surface area (Å²) in [4.78, 5) is 25.8. The summed E-state index contributed by atoms with van der Waals surface area (Å²) in [6, 6.07) is 5.83. The van der Waals surface area contributed by atoms with Crippen molar-refractivity contribution in [2.24, 2.45) is 5.92 Å². The van der Waals surface area contributed by atoms with E-state index in [1.807, 2.05) is 39.0 Å². The minimum absolute atomic E-state index is 0.0622. The maximum Gasteiger partial charge on any atom is 0.229 e. The van der Waals surface area contributed by atoms with E-state index in [0.29, 0.717) is 13.0 Å². The molecule has 4 nitrogen and oxygen atoms in total. The van der Waals surface area contributed by atoms with Crippen molar-refractivity contribution in [3.05, 3.63) is 28.2 Å². The first-order valence-corrected chi connectivity index (χ1v) is 7.54. The van der Waals surface area contributed by atoms with Crippen LogP contribution in [0.1, 0.15) is 25.8 Å². The molecule has 20 heavy (non-hydrogen) atoms. The number of carbonyl (C=O) groups is 2. The lowest BCUT2D eigenvalue weighted by Crippen LogP contribution is -2.33. The molecule has 1 aliphatic heterocycles. The number of aryl methyl sites for hydroxylation is 1. The van der Waals surface area contributed by atoms with Crippen LogP contribution in [-0.2, 0) is 9.59 Å². The van der Waals surface area contributed by atoms with Crippen LogP contribution in [0.2, 0.25) is 0 Å². The molecule has 1 fully saturated rings. The first kappa shape index (κ1) is 15.0. The fourth-order valence-corrected chi connectivity index (χ4v) is 2.62. The van der Waals surface area contributed by atoms with Crippen molar-refractivity contribution >= 4 is 33.4 Å². The predicted molar refractivity (Wildman–Crippen MR) is 82.5 cm³/mol. The normalized spacial score (nSPS) is 18.8. The summed E-state index contributed by atoms with van der Waals surface area (Å²) in [5, 5.41) is 2.89. The number of benzene rings is 1. The van der Waals surface area contributed by atoms with Crippen LogP contribution in [0.3, 0.4) is 0 Å². The maximum absolute atomic E-state index is 12.2. The maximum atomic E-state index is 12.2. The molecule has 1 aliphatic rings. The highest BCUT2D eigenvalue weighted by atomic mass is 79.9. The van der Waals surface area contributed by atoms with Crippen molar-refractivity contribution in [1.29, 1.82) is 0 Å². The van der Waals surface area contributed by atoms with E-state index < -0.39 is 0 Å². The van der Waals surface area contributed by atoms with E-state index in [1.54, 1.807) is 4.90 Å². The molecular formula is C15H19BrN2O2. The fourth-order valence-electron chi connectivity index (χ4n) is 2.37. The van der Waals surface area contributed by atoms with E-state index >= 15 is 0 Å². The van der Waals surface area contributed by atoms with Crippen molar-refractivity contribution < 1.29 is 9.59 Å². The zero-order valence-electron chi connectivity index (χ0n) is 11.9. The summed E-state index contributed by atoms with van der Waals surface area (Å²) >= 11 is 3.43. The van der Waals surface area contributed by atoms with E-state index in [2.05, 4.69) is 21.2 Å². The third kappa shape index (κ3) is 3.20. The van der Waals surface area contributed by atoms with E-state index in [9.17, 15) is 9.59 Å². The first-order chi connectivity index (χ1) is 9.38. The Morgan fingerprint density at radius 1 is 1.45 bits per heavy atom. The van der Waals surface area contributed by atoms with Crippen molar-refractivity contribution in [3.8, 4) is 0 Å². The summed E-state index contributed by atoms with van der Waals surface area (Å²) in [6.45, 7) is 6.42. The van der Waals surface area contributed by atoms with Crippen molar-refractivity contribution in [2.45, 2.75) is 33.2 Å². The molecule has 5 heteroatoms.